The smallest absolute Gasteiger partial charge is 0.135 e. The van der Waals surface area contributed by atoms with E-state index in [9.17, 15) is 0 Å². The highest BCUT2D eigenvalue weighted by atomic mass is 15.0. The highest BCUT2D eigenvalue weighted by molar-refractivity contribution is 5.62. The molecule has 2 heterocycles. The number of rotatable bonds is 4. The summed E-state index contributed by atoms with van der Waals surface area (Å²) in [4.78, 5) is 13.2. The van der Waals surface area contributed by atoms with Crippen LogP contribution in [0.3, 0.4) is 0 Å². The maximum Gasteiger partial charge on any atom is 0.135 e. The zero-order valence-electron chi connectivity index (χ0n) is 11.8. The molecule has 0 aliphatic rings. The van der Waals surface area contributed by atoms with Gasteiger partial charge in [0.1, 0.15) is 11.6 Å². The summed E-state index contributed by atoms with van der Waals surface area (Å²) in [6.45, 7) is 0. The quantitative estimate of drug-likeness (QED) is 0.795. The van der Waals surface area contributed by atoms with Crippen LogP contribution in [0.25, 0.3) is 11.3 Å². The molecule has 1 aromatic carbocycles. The number of hydrogen-bond donors (Lipinski definition) is 1. The van der Waals surface area contributed by atoms with Gasteiger partial charge in [-0.15, -0.1) is 0 Å². The molecule has 0 saturated heterocycles. The molecule has 0 spiro atoms. The lowest BCUT2D eigenvalue weighted by Gasteiger charge is -2.08. The summed E-state index contributed by atoms with van der Waals surface area (Å²) in [5.41, 5.74) is 3.17. The number of pyridine rings is 1. The van der Waals surface area contributed by atoms with E-state index in [0.717, 1.165) is 28.5 Å². The molecule has 2 aromatic heterocycles. The fraction of sp³-hybridized carbons (Fsp3) is 0.118. The molecule has 0 fully saturated rings. The number of hydrogen-bond acceptors (Lipinski definition) is 4. The van der Waals surface area contributed by atoms with Gasteiger partial charge in [0, 0.05) is 37.5 Å². The molecule has 21 heavy (non-hydrogen) atoms. The Morgan fingerprint density at radius 3 is 2.43 bits per heavy atom. The van der Waals surface area contributed by atoms with Crippen molar-refractivity contribution in [1.82, 2.24) is 15.0 Å². The Morgan fingerprint density at radius 1 is 0.952 bits per heavy atom. The number of anilines is 1. The largest absolute Gasteiger partial charge is 0.373 e. The zero-order valence-corrected chi connectivity index (χ0v) is 11.8. The average molecular weight is 276 g/mol. The second-order valence-corrected chi connectivity index (χ2v) is 4.70. The van der Waals surface area contributed by atoms with Gasteiger partial charge in [-0.3, -0.25) is 4.98 Å². The summed E-state index contributed by atoms with van der Waals surface area (Å²) in [5.74, 6) is 1.62. The molecule has 0 saturated carbocycles. The summed E-state index contributed by atoms with van der Waals surface area (Å²) < 4.78 is 0. The molecule has 0 bridgehead atoms. The topological polar surface area (TPSA) is 50.7 Å². The third-order valence-corrected chi connectivity index (χ3v) is 3.21. The van der Waals surface area contributed by atoms with Gasteiger partial charge in [0.15, 0.2) is 0 Å². The van der Waals surface area contributed by atoms with Crippen molar-refractivity contribution >= 4 is 5.82 Å². The van der Waals surface area contributed by atoms with Gasteiger partial charge in [-0.25, -0.2) is 9.97 Å². The van der Waals surface area contributed by atoms with E-state index in [1.54, 1.807) is 12.4 Å². The Morgan fingerprint density at radius 2 is 1.71 bits per heavy atom. The van der Waals surface area contributed by atoms with Gasteiger partial charge in [0.05, 0.1) is 5.69 Å². The van der Waals surface area contributed by atoms with E-state index in [-0.39, 0.29) is 0 Å². The first-order chi connectivity index (χ1) is 10.3. The van der Waals surface area contributed by atoms with Gasteiger partial charge in [-0.05, 0) is 17.7 Å². The first-order valence-corrected chi connectivity index (χ1v) is 6.85. The molecule has 4 nitrogen and oxygen atoms in total. The SMILES string of the molecule is CNc1cc(-c2ccccc2)nc(Cc2ccncc2)n1. The molecule has 0 aliphatic heterocycles. The maximum atomic E-state index is 4.68. The van der Waals surface area contributed by atoms with Crippen LogP contribution in [0.15, 0.2) is 60.9 Å². The molecule has 4 heteroatoms. The Kier molecular flexibility index (Phi) is 3.87. The number of nitrogens with zero attached hydrogens (tertiary/aromatic N) is 3. The van der Waals surface area contributed by atoms with Crippen LogP contribution in [0.2, 0.25) is 0 Å². The predicted octanol–water partition coefficient (Wildman–Crippen LogP) is 3.17. The Bertz CT molecular complexity index is 711. The number of aromatic nitrogens is 3. The normalized spacial score (nSPS) is 10.3. The van der Waals surface area contributed by atoms with Gasteiger partial charge in [-0.2, -0.15) is 0 Å². The van der Waals surface area contributed by atoms with E-state index in [4.69, 9.17) is 0 Å². The predicted molar refractivity (Wildman–Crippen MR) is 84.1 cm³/mol. The molecule has 1 N–H and O–H groups in total. The third kappa shape index (κ3) is 3.23. The number of nitrogens with one attached hydrogen (secondary N) is 1. The van der Waals surface area contributed by atoms with Crippen LogP contribution in [-0.4, -0.2) is 22.0 Å². The number of benzene rings is 1. The summed E-state index contributed by atoms with van der Waals surface area (Å²) in [6, 6.07) is 16.1. The summed E-state index contributed by atoms with van der Waals surface area (Å²) in [7, 11) is 1.87. The minimum Gasteiger partial charge on any atom is -0.373 e. The van der Waals surface area contributed by atoms with Crippen molar-refractivity contribution in [3.05, 3.63) is 72.3 Å². The van der Waals surface area contributed by atoms with E-state index < -0.39 is 0 Å². The lowest BCUT2D eigenvalue weighted by atomic mass is 10.1. The molecular weight excluding hydrogens is 260 g/mol. The lowest BCUT2D eigenvalue weighted by molar-refractivity contribution is 0.970. The van der Waals surface area contributed by atoms with Crippen LogP contribution >= 0.6 is 0 Å². The summed E-state index contributed by atoms with van der Waals surface area (Å²) in [5, 5.41) is 3.10. The Hall–Kier alpha value is -2.75. The second-order valence-electron chi connectivity index (χ2n) is 4.70. The molecule has 0 atom stereocenters. The minimum atomic E-state index is 0.692. The fourth-order valence-corrected chi connectivity index (χ4v) is 2.14. The van der Waals surface area contributed by atoms with Crippen LogP contribution in [0.4, 0.5) is 5.82 Å². The van der Waals surface area contributed by atoms with Crippen LogP contribution in [0, 0.1) is 0 Å². The maximum absolute atomic E-state index is 4.68. The van der Waals surface area contributed by atoms with Crippen molar-refractivity contribution in [1.29, 1.82) is 0 Å². The standard InChI is InChI=1S/C17H16N4/c1-18-16-12-15(14-5-3-2-4-6-14)20-17(21-16)11-13-7-9-19-10-8-13/h2-10,12H,11H2,1H3,(H,18,20,21). The van der Waals surface area contributed by atoms with Crippen molar-refractivity contribution in [2.24, 2.45) is 0 Å². The van der Waals surface area contributed by atoms with Crippen molar-refractivity contribution in [3.8, 4) is 11.3 Å². The summed E-state index contributed by atoms with van der Waals surface area (Å²) in [6.07, 6.45) is 4.27. The molecule has 0 aliphatic carbocycles. The fourth-order valence-electron chi connectivity index (χ4n) is 2.14. The highest BCUT2D eigenvalue weighted by Crippen LogP contribution is 2.20. The molecule has 0 radical (unpaired) electrons. The van der Waals surface area contributed by atoms with E-state index in [1.807, 2.05) is 43.4 Å². The molecule has 3 rings (SSSR count). The lowest BCUT2D eigenvalue weighted by Crippen LogP contribution is -2.02. The second kappa shape index (κ2) is 6.13. The van der Waals surface area contributed by atoms with Crippen molar-refractivity contribution in [2.75, 3.05) is 12.4 Å². The molecule has 0 amide bonds. The minimum absolute atomic E-state index is 0.692. The Labute approximate surface area is 123 Å². The van der Waals surface area contributed by atoms with E-state index in [0.29, 0.717) is 6.42 Å². The van der Waals surface area contributed by atoms with E-state index >= 15 is 0 Å². The van der Waals surface area contributed by atoms with E-state index in [1.165, 1.54) is 0 Å². The zero-order chi connectivity index (χ0) is 14.5. The van der Waals surface area contributed by atoms with Gasteiger partial charge in [0.2, 0.25) is 0 Å². The average Bonchev–Trinajstić information content (AvgIpc) is 2.56. The van der Waals surface area contributed by atoms with Crippen LogP contribution in [0.5, 0.6) is 0 Å². The summed E-state index contributed by atoms with van der Waals surface area (Å²) >= 11 is 0. The van der Waals surface area contributed by atoms with Crippen LogP contribution in [0.1, 0.15) is 11.4 Å². The first kappa shape index (κ1) is 13.2. The van der Waals surface area contributed by atoms with Crippen molar-refractivity contribution in [2.45, 2.75) is 6.42 Å². The van der Waals surface area contributed by atoms with Gasteiger partial charge >= 0.3 is 0 Å². The highest BCUT2D eigenvalue weighted by Gasteiger charge is 2.06. The molecule has 3 aromatic rings. The van der Waals surface area contributed by atoms with Crippen LogP contribution < -0.4 is 5.32 Å². The molecular formula is C17H16N4. The van der Waals surface area contributed by atoms with Crippen LogP contribution in [-0.2, 0) is 6.42 Å². The van der Waals surface area contributed by atoms with Gasteiger partial charge in [0.25, 0.3) is 0 Å². The first-order valence-electron chi connectivity index (χ1n) is 6.85. The molecule has 104 valence electrons. The van der Waals surface area contributed by atoms with Crippen molar-refractivity contribution < 1.29 is 0 Å². The Balaban J connectivity index is 1.98. The van der Waals surface area contributed by atoms with Gasteiger partial charge in [-0.1, -0.05) is 30.3 Å². The van der Waals surface area contributed by atoms with Gasteiger partial charge < -0.3 is 5.32 Å². The monoisotopic (exact) mass is 276 g/mol. The third-order valence-electron chi connectivity index (χ3n) is 3.21. The van der Waals surface area contributed by atoms with E-state index in [2.05, 4.69) is 32.4 Å². The van der Waals surface area contributed by atoms with Crippen molar-refractivity contribution in [3.63, 3.8) is 0 Å². The molecule has 0 unspecified atom stereocenters.